The fraction of sp³-hybridized carbons (Fsp3) is 0.375. The van der Waals surface area contributed by atoms with Crippen molar-refractivity contribution in [3.8, 4) is 0 Å². The molecule has 0 fully saturated rings. The summed E-state index contributed by atoms with van der Waals surface area (Å²) in [6.45, 7) is 6.57. The van der Waals surface area contributed by atoms with Crippen LogP contribution < -0.4 is 0 Å². The van der Waals surface area contributed by atoms with Crippen molar-refractivity contribution in [1.82, 2.24) is 9.88 Å². The average molecular weight is 286 g/mol. The van der Waals surface area contributed by atoms with E-state index in [1.54, 1.807) is 19.5 Å². The number of carbonyl (C=O) groups is 1. The Morgan fingerprint density at radius 2 is 2.29 bits per heavy atom. The van der Waals surface area contributed by atoms with E-state index in [9.17, 15) is 4.79 Å². The molecule has 0 spiro atoms. The lowest BCUT2D eigenvalue weighted by atomic mass is 10.2. The summed E-state index contributed by atoms with van der Waals surface area (Å²) in [5, 5.41) is 0. The van der Waals surface area contributed by atoms with E-state index in [1.807, 2.05) is 18.3 Å². The maximum absolute atomic E-state index is 10.6. The Hall–Kier alpha value is -2.30. The number of likely N-dealkylation sites (N-methyl/N-ethyl adjacent to an activating group) is 1. The number of pyridine rings is 1. The fourth-order valence-corrected chi connectivity index (χ4v) is 1.78. The van der Waals surface area contributed by atoms with Crippen LogP contribution in [0.1, 0.15) is 24.6 Å². The molecule has 0 unspecified atom stereocenters. The molecule has 1 amide bonds. The molecule has 0 bridgehead atoms. The first-order chi connectivity index (χ1) is 10.2. The molecular formula is C16H22N4O. The molecule has 0 saturated heterocycles. The molecule has 1 heterocycles. The first-order valence-corrected chi connectivity index (χ1v) is 6.93. The Kier molecular flexibility index (Phi) is 7.64. The fourth-order valence-electron chi connectivity index (χ4n) is 1.78. The highest BCUT2D eigenvalue weighted by Gasteiger charge is 1.98. The van der Waals surface area contributed by atoms with Crippen molar-refractivity contribution in [1.29, 1.82) is 0 Å². The number of rotatable bonds is 9. The summed E-state index contributed by atoms with van der Waals surface area (Å²) in [6, 6.07) is 4.08. The van der Waals surface area contributed by atoms with Crippen molar-refractivity contribution in [2.45, 2.75) is 26.3 Å². The molecule has 0 aliphatic carbocycles. The summed E-state index contributed by atoms with van der Waals surface area (Å²) in [5.74, 6) is 0. The van der Waals surface area contributed by atoms with Crippen LogP contribution in [0.5, 0.6) is 0 Å². The number of amides is 1. The van der Waals surface area contributed by atoms with Gasteiger partial charge in [-0.1, -0.05) is 19.4 Å². The Labute approximate surface area is 126 Å². The zero-order valence-electron chi connectivity index (χ0n) is 12.7. The van der Waals surface area contributed by atoms with Gasteiger partial charge in [0.25, 0.3) is 0 Å². The minimum absolute atomic E-state index is 0.458. The summed E-state index contributed by atoms with van der Waals surface area (Å²) in [6.07, 6.45) is 8.04. The quantitative estimate of drug-likeness (QED) is 0.516. The Balaban J connectivity index is 2.59. The van der Waals surface area contributed by atoms with Crippen molar-refractivity contribution < 1.29 is 4.79 Å². The zero-order valence-corrected chi connectivity index (χ0v) is 12.7. The van der Waals surface area contributed by atoms with E-state index in [1.165, 1.54) is 4.90 Å². The van der Waals surface area contributed by atoms with Crippen molar-refractivity contribution in [3.63, 3.8) is 0 Å². The first-order valence-electron chi connectivity index (χ1n) is 6.93. The number of carbonyl (C=O) groups excluding carboxylic acids is 1. The summed E-state index contributed by atoms with van der Waals surface area (Å²) in [7, 11) is 1.70. The summed E-state index contributed by atoms with van der Waals surface area (Å²) < 4.78 is 0. The topological polar surface area (TPSA) is 57.9 Å². The molecular weight excluding hydrogens is 264 g/mol. The van der Waals surface area contributed by atoms with Gasteiger partial charge in [0.2, 0.25) is 6.41 Å². The van der Waals surface area contributed by atoms with Crippen LogP contribution in [-0.4, -0.2) is 42.8 Å². The van der Waals surface area contributed by atoms with Crippen molar-refractivity contribution in [2.75, 3.05) is 13.6 Å². The lowest BCUT2D eigenvalue weighted by Crippen LogP contribution is -2.19. The lowest BCUT2D eigenvalue weighted by molar-refractivity contribution is -0.116. The molecule has 0 N–H and O–H groups in total. The molecule has 5 heteroatoms. The van der Waals surface area contributed by atoms with Crippen molar-refractivity contribution in [2.24, 2.45) is 9.98 Å². The molecule has 1 rings (SSSR count). The third-order valence-corrected chi connectivity index (χ3v) is 2.79. The molecule has 1 aromatic heterocycles. The van der Waals surface area contributed by atoms with Crippen LogP contribution in [0.25, 0.3) is 0 Å². The number of aromatic nitrogens is 1. The second-order valence-corrected chi connectivity index (χ2v) is 4.78. The van der Waals surface area contributed by atoms with Gasteiger partial charge in [0.15, 0.2) is 0 Å². The smallest absolute Gasteiger partial charge is 0.209 e. The standard InChI is InChI=1S/C16H22N4O/c1-4-5-16-7-6-14(11-19-16)9-18-10-15(8-17-2)12-20(3)13-21/h6-8,10-11,13H,2,4-5,9,12H2,1,3H3/b15-8+,18-10?. The van der Waals surface area contributed by atoms with Gasteiger partial charge in [-0.15, -0.1) is 0 Å². The summed E-state index contributed by atoms with van der Waals surface area (Å²) in [4.78, 5) is 24.6. The minimum atomic E-state index is 0.458. The van der Waals surface area contributed by atoms with Crippen LogP contribution in [0.2, 0.25) is 0 Å². The van der Waals surface area contributed by atoms with E-state index in [0.717, 1.165) is 36.1 Å². The van der Waals surface area contributed by atoms with Gasteiger partial charge in [0, 0.05) is 43.5 Å². The third kappa shape index (κ3) is 6.61. The molecule has 0 aliphatic heterocycles. The number of aryl methyl sites for hydroxylation is 1. The van der Waals surface area contributed by atoms with Gasteiger partial charge < -0.3 is 4.90 Å². The largest absolute Gasteiger partial charge is 0.344 e. The maximum atomic E-state index is 10.6. The maximum Gasteiger partial charge on any atom is 0.209 e. The Morgan fingerprint density at radius 1 is 1.48 bits per heavy atom. The molecule has 1 aromatic rings. The normalized spacial score (nSPS) is 11.6. The van der Waals surface area contributed by atoms with E-state index < -0.39 is 0 Å². The van der Waals surface area contributed by atoms with E-state index in [-0.39, 0.29) is 0 Å². The first kappa shape index (κ1) is 16.8. The molecule has 0 radical (unpaired) electrons. The van der Waals surface area contributed by atoms with Gasteiger partial charge in [-0.25, -0.2) is 0 Å². The van der Waals surface area contributed by atoms with E-state index in [4.69, 9.17) is 0 Å². The summed E-state index contributed by atoms with van der Waals surface area (Å²) in [5.41, 5.74) is 2.99. The van der Waals surface area contributed by atoms with Crippen LogP contribution in [0.4, 0.5) is 0 Å². The van der Waals surface area contributed by atoms with Crippen LogP contribution in [0.3, 0.4) is 0 Å². The van der Waals surface area contributed by atoms with E-state index in [0.29, 0.717) is 13.1 Å². The number of aliphatic imine (C=N–C) groups is 2. The van der Waals surface area contributed by atoms with E-state index in [2.05, 4.69) is 28.6 Å². The molecule has 0 aliphatic rings. The monoisotopic (exact) mass is 286 g/mol. The van der Waals surface area contributed by atoms with Gasteiger partial charge in [-0.2, -0.15) is 0 Å². The molecule has 112 valence electrons. The van der Waals surface area contributed by atoms with Gasteiger partial charge >= 0.3 is 0 Å². The van der Waals surface area contributed by atoms with Crippen LogP contribution in [0.15, 0.2) is 40.1 Å². The van der Waals surface area contributed by atoms with Crippen LogP contribution >= 0.6 is 0 Å². The van der Waals surface area contributed by atoms with Crippen LogP contribution in [0, 0.1) is 0 Å². The Bertz CT molecular complexity index is 506. The minimum Gasteiger partial charge on any atom is -0.344 e. The molecule has 21 heavy (non-hydrogen) atoms. The summed E-state index contributed by atoms with van der Waals surface area (Å²) >= 11 is 0. The van der Waals surface area contributed by atoms with Gasteiger partial charge in [-0.05, 0) is 24.8 Å². The third-order valence-electron chi connectivity index (χ3n) is 2.79. The van der Waals surface area contributed by atoms with E-state index >= 15 is 0 Å². The average Bonchev–Trinajstić information content (AvgIpc) is 2.49. The molecule has 5 nitrogen and oxygen atoms in total. The highest BCUT2D eigenvalue weighted by molar-refractivity contribution is 5.79. The highest BCUT2D eigenvalue weighted by atomic mass is 16.1. The van der Waals surface area contributed by atoms with Crippen molar-refractivity contribution in [3.05, 3.63) is 41.4 Å². The molecule has 0 atom stereocenters. The van der Waals surface area contributed by atoms with Gasteiger partial charge in [0.1, 0.15) is 0 Å². The SMILES string of the molecule is C=N/C=C(\C=NCc1ccc(CCC)nc1)CN(C)C=O. The van der Waals surface area contributed by atoms with Crippen molar-refractivity contribution >= 4 is 19.3 Å². The predicted molar refractivity (Wildman–Crippen MR) is 86.8 cm³/mol. The Morgan fingerprint density at radius 3 is 2.86 bits per heavy atom. The van der Waals surface area contributed by atoms with Crippen LogP contribution in [-0.2, 0) is 17.8 Å². The number of nitrogens with zero attached hydrogens (tertiary/aromatic N) is 4. The highest BCUT2D eigenvalue weighted by Crippen LogP contribution is 2.04. The second-order valence-electron chi connectivity index (χ2n) is 4.78. The number of hydrogen-bond donors (Lipinski definition) is 0. The zero-order chi connectivity index (χ0) is 15.5. The van der Waals surface area contributed by atoms with Gasteiger partial charge in [-0.3, -0.25) is 19.8 Å². The van der Waals surface area contributed by atoms with Gasteiger partial charge in [0.05, 0.1) is 6.54 Å². The predicted octanol–water partition coefficient (Wildman–Crippen LogP) is 2.28. The lowest BCUT2D eigenvalue weighted by Gasteiger charge is -2.09. The molecule has 0 saturated carbocycles. The second kappa shape index (κ2) is 9.58. The molecule has 0 aromatic carbocycles. The number of hydrogen-bond acceptors (Lipinski definition) is 4.